The van der Waals surface area contributed by atoms with E-state index in [-0.39, 0.29) is 5.82 Å². The van der Waals surface area contributed by atoms with E-state index in [1.54, 1.807) is 17.4 Å². The monoisotopic (exact) mass is 344 g/mol. The number of nitrogens with zero attached hydrogens (tertiary/aromatic N) is 3. The molecule has 4 nitrogen and oxygen atoms in total. The van der Waals surface area contributed by atoms with E-state index in [1.165, 1.54) is 0 Å². The van der Waals surface area contributed by atoms with Gasteiger partial charge in [0, 0.05) is 25.1 Å². The first kappa shape index (κ1) is 16.8. The number of nitrogens with one attached hydrogen (secondary N) is 1. The molecule has 1 N–H and O–H groups in total. The van der Waals surface area contributed by atoms with Gasteiger partial charge in [-0.2, -0.15) is 0 Å². The average molecular weight is 344 g/mol. The molecule has 2 heterocycles. The van der Waals surface area contributed by atoms with Crippen LogP contribution in [-0.4, -0.2) is 29.0 Å². The normalized spacial score (nSPS) is 11.4. The fourth-order valence-corrected chi connectivity index (χ4v) is 3.33. The molecule has 0 spiro atoms. The van der Waals surface area contributed by atoms with Crippen molar-refractivity contribution in [1.29, 1.82) is 0 Å². The SMILES string of the molecule is CCc1nc(NCc2ccc(CN(C)C)c(F)c2)c2ccsc2n1. The number of thiophene rings is 1. The molecule has 6 heteroatoms. The van der Waals surface area contributed by atoms with Crippen LogP contribution in [0.15, 0.2) is 29.6 Å². The van der Waals surface area contributed by atoms with E-state index in [1.807, 2.05) is 49.5 Å². The summed E-state index contributed by atoms with van der Waals surface area (Å²) in [4.78, 5) is 12.0. The van der Waals surface area contributed by atoms with Gasteiger partial charge in [-0.15, -0.1) is 11.3 Å². The predicted molar refractivity (Wildman–Crippen MR) is 97.9 cm³/mol. The Kier molecular flexibility index (Phi) is 5.06. The maximum atomic E-state index is 14.2. The minimum atomic E-state index is -0.166. The molecule has 0 fully saturated rings. The van der Waals surface area contributed by atoms with Crippen molar-refractivity contribution in [3.63, 3.8) is 0 Å². The number of fused-ring (bicyclic) bond motifs is 1. The summed E-state index contributed by atoms with van der Waals surface area (Å²) < 4.78 is 14.2. The minimum absolute atomic E-state index is 0.166. The highest BCUT2D eigenvalue weighted by atomic mass is 32.1. The lowest BCUT2D eigenvalue weighted by Crippen LogP contribution is -2.12. The molecule has 0 saturated heterocycles. The molecule has 0 atom stereocenters. The Morgan fingerprint density at radius 3 is 2.75 bits per heavy atom. The van der Waals surface area contributed by atoms with Gasteiger partial charge in [0.25, 0.3) is 0 Å². The van der Waals surface area contributed by atoms with Gasteiger partial charge < -0.3 is 10.2 Å². The number of halogens is 1. The van der Waals surface area contributed by atoms with Gasteiger partial charge in [-0.3, -0.25) is 0 Å². The minimum Gasteiger partial charge on any atom is -0.365 e. The summed E-state index contributed by atoms with van der Waals surface area (Å²) in [7, 11) is 3.86. The smallest absolute Gasteiger partial charge is 0.138 e. The second-order valence-electron chi connectivity index (χ2n) is 6.00. The summed E-state index contributed by atoms with van der Waals surface area (Å²) in [5, 5.41) is 6.36. The molecule has 0 unspecified atom stereocenters. The summed E-state index contributed by atoms with van der Waals surface area (Å²) >= 11 is 1.61. The molecule has 0 aliphatic rings. The lowest BCUT2D eigenvalue weighted by atomic mass is 10.1. The highest BCUT2D eigenvalue weighted by Crippen LogP contribution is 2.25. The van der Waals surface area contributed by atoms with E-state index in [4.69, 9.17) is 0 Å². The maximum absolute atomic E-state index is 14.2. The first-order valence-corrected chi connectivity index (χ1v) is 8.84. The fourth-order valence-electron chi connectivity index (χ4n) is 2.55. The lowest BCUT2D eigenvalue weighted by Gasteiger charge is -2.12. The number of hydrogen-bond acceptors (Lipinski definition) is 5. The number of benzene rings is 1. The quantitative estimate of drug-likeness (QED) is 0.732. The molecule has 0 aliphatic heterocycles. The van der Waals surface area contributed by atoms with Crippen LogP contribution in [0.2, 0.25) is 0 Å². The Balaban J connectivity index is 1.78. The van der Waals surface area contributed by atoms with Gasteiger partial charge >= 0.3 is 0 Å². The molecule has 0 aliphatic carbocycles. The van der Waals surface area contributed by atoms with Crippen molar-refractivity contribution < 1.29 is 4.39 Å². The van der Waals surface area contributed by atoms with Crippen molar-refractivity contribution in [3.05, 3.63) is 52.4 Å². The van der Waals surface area contributed by atoms with Gasteiger partial charge in [-0.25, -0.2) is 14.4 Å². The summed E-state index contributed by atoms with van der Waals surface area (Å²) in [5.41, 5.74) is 1.61. The van der Waals surface area contributed by atoms with E-state index < -0.39 is 0 Å². The van der Waals surface area contributed by atoms with Crippen LogP contribution in [0.25, 0.3) is 10.2 Å². The highest BCUT2D eigenvalue weighted by Gasteiger charge is 2.09. The summed E-state index contributed by atoms with van der Waals surface area (Å²) in [6, 6.07) is 7.42. The number of anilines is 1. The summed E-state index contributed by atoms with van der Waals surface area (Å²) in [5.74, 6) is 1.47. The molecule has 126 valence electrons. The number of rotatable bonds is 6. The van der Waals surface area contributed by atoms with Crippen molar-refractivity contribution in [1.82, 2.24) is 14.9 Å². The first-order chi connectivity index (χ1) is 11.6. The largest absolute Gasteiger partial charge is 0.365 e. The van der Waals surface area contributed by atoms with Crippen molar-refractivity contribution in [3.8, 4) is 0 Å². The summed E-state index contributed by atoms with van der Waals surface area (Å²) in [6.07, 6.45) is 0.788. The Morgan fingerprint density at radius 2 is 2.04 bits per heavy atom. The lowest BCUT2D eigenvalue weighted by molar-refractivity contribution is 0.392. The third kappa shape index (κ3) is 3.71. The third-order valence-corrected chi connectivity index (χ3v) is 4.56. The van der Waals surface area contributed by atoms with E-state index in [0.29, 0.717) is 18.7 Å². The van der Waals surface area contributed by atoms with Gasteiger partial charge in [-0.05, 0) is 37.2 Å². The topological polar surface area (TPSA) is 41.1 Å². The Morgan fingerprint density at radius 1 is 1.21 bits per heavy atom. The zero-order valence-electron chi connectivity index (χ0n) is 14.1. The van der Waals surface area contributed by atoms with Crippen LogP contribution in [0, 0.1) is 5.82 Å². The molecular formula is C18H21FN4S. The maximum Gasteiger partial charge on any atom is 0.138 e. The molecule has 0 amide bonds. The number of hydrogen-bond donors (Lipinski definition) is 1. The molecule has 3 aromatic rings. The van der Waals surface area contributed by atoms with Crippen molar-refractivity contribution in [2.24, 2.45) is 0 Å². The van der Waals surface area contributed by atoms with Crippen LogP contribution in [0.3, 0.4) is 0 Å². The Hall–Kier alpha value is -2.05. The second-order valence-corrected chi connectivity index (χ2v) is 6.89. The highest BCUT2D eigenvalue weighted by molar-refractivity contribution is 7.16. The Bertz CT molecular complexity index is 844. The molecule has 24 heavy (non-hydrogen) atoms. The standard InChI is InChI=1S/C18H21FN4S/c1-4-16-21-17(14-7-8-24-18(14)22-16)20-10-12-5-6-13(11-23(2)3)15(19)9-12/h5-9H,4,10-11H2,1-3H3,(H,20,21,22). The van der Waals surface area contributed by atoms with Crippen LogP contribution < -0.4 is 5.32 Å². The molecule has 0 bridgehead atoms. The van der Waals surface area contributed by atoms with Gasteiger partial charge in [0.1, 0.15) is 22.3 Å². The molecule has 3 rings (SSSR count). The van der Waals surface area contributed by atoms with Crippen molar-refractivity contribution in [2.75, 3.05) is 19.4 Å². The molecule has 0 saturated carbocycles. The zero-order chi connectivity index (χ0) is 17.1. The van der Waals surface area contributed by atoms with Crippen molar-refractivity contribution in [2.45, 2.75) is 26.4 Å². The first-order valence-electron chi connectivity index (χ1n) is 7.97. The number of aromatic nitrogens is 2. The number of aryl methyl sites for hydroxylation is 1. The van der Waals surface area contributed by atoms with Crippen LogP contribution in [0.1, 0.15) is 23.9 Å². The molecule has 0 radical (unpaired) electrons. The molecular weight excluding hydrogens is 323 g/mol. The zero-order valence-corrected chi connectivity index (χ0v) is 15.0. The van der Waals surface area contributed by atoms with Gasteiger partial charge in [0.15, 0.2) is 0 Å². The van der Waals surface area contributed by atoms with Gasteiger partial charge in [0.2, 0.25) is 0 Å². The molecule has 1 aromatic carbocycles. The second kappa shape index (κ2) is 7.23. The van der Waals surface area contributed by atoms with E-state index in [2.05, 4.69) is 15.3 Å². The van der Waals surface area contributed by atoms with Crippen LogP contribution in [-0.2, 0) is 19.5 Å². The average Bonchev–Trinajstić information content (AvgIpc) is 3.03. The van der Waals surface area contributed by atoms with E-state index >= 15 is 0 Å². The van der Waals surface area contributed by atoms with Crippen molar-refractivity contribution >= 4 is 27.4 Å². The van der Waals surface area contributed by atoms with E-state index in [9.17, 15) is 4.39 Å². The van der Waals surface area contributed by atoms with Crippen LogP contribution in [0.5, 0.6) is 0 Å². The Labute approximate surface area is 145 Å². The van der Waals surface area contributed by atoms with Gasteiger partial charge in [-0.1, -0.05) is 19.1 Å². The fraction of sp³-hybridized carbons (Fsp3) is 0.333. The summed E-state index contributed by atoms with van der Waals surface area (Å²) in [6.45, 7) is 3.17. The van der Waals surface area contributed by atoms with Crippen LogP contribution >= 0.6 is 11.3 Å². The predicted octanol–water partition coefficient (Wildman–Crippen LogP) is 4.07. The van der Waals surface area contributed by atoms with Crippen LogP contribution in [0.4, 0.5) is 10.2 Å². The van der Waals surface area contributed by atoms with E-state index in [0.717, 1.165) is 33.8 Å². The molecule has 2 aromatic heterocycles. The third-order valence-electron chi connectivity index (χ3n) is 3.75. The van der Waals surface area contributed by atoms with Gasteiger partial charge in [0.05, 0.1) is 5.39 Å².